The second kappa shape index (κ2) is 10.7. The van der Waals surface area contributed by atoms with Gasteiger partial charge in [0.25, 0.3) is 0 Å². The van der Waals surface area contributed by atoms with E-state index in [-0.39, 0.29) is 34.6 Å². The van der Waals surface area contributed by atoms with E-state index in [2.05, 4.69) is 10.4 Å². The maximum absolute atomic E-state index is 15.5. The summed E-state index contributed by atoms with van der Waals surface area (Å²) in [6.45, 7) is 4.28. The second-order valence-electron chi connectivity index (χ2n) is 10.3. The largest absolute Gasteiger partial charge is 0.490 e. The first-order valence-electron chi connectivity index (χ1n) is 13.2. The molecule has 1 aliphatic carbocycles. The molecule has 0 bridgehead atoms. The van der Waals surface area contributed by atoms with Gasteiger partial charge in [0.15, 0.2) is 6.23 Å². The molecule has 1 aromatic heterocycles. The molecule has 2 aliphatic rings. The molecule has 1 fully saturated rings. The molecular formula is C28H34F2N4O3. The third-order valence-corrected chi connectivity index (χ3v) is 7.68. The second-order valence-corrected chi connectivity index (χ2v) is 10.3. The molecule has 2 atom stereocenters. The van der Waals surface area contributed by atoms with Crippen LogP contribution in [0.1, 0.15) is 75.0 Å². The predicted octanol–water partition coefficient (Wildman–Crippen LogP) is 5.41. The van der Waals surface area contributed by atoms with Crippen LogP contribution in [0.3, 0.4) is 0 Å². The Bertz CT molecular complexity index is 1330. The standard InChI is InChI=1S/C28H34F2N4O3/c1-17-14-20(29)11-12-23(17)31-27(35)21-15-22(30)24(34-28(36)33-13-7-6-10-26(33)32-34)16-25(21)37-18(2)19-8-4-3-5-9-19/h11-12,14-16,18-19,27,31,35H,3-10,13H2,1-2H3/t18-,27?/m0/s1. The Morgan fingerprint density at radius 2 is 1.89 bits per heavy atom. The van der Waals surface area contributed by atoms with Crippen molar-refractivity contribution in [1.29, 1.82) is 0 Å². The Morgan fingerprint density at radius 3 is 2.62 bits per heavy atom. The average Bonchev–Trinajstić information content (AvgIpc) is 3.23. The van der Waals surface area contributed by atoms with Crippen LogP contribution in [0.25, 0.3) is 5.69 Å². The number of halogens is 2. The average molecular weight is 513 g/mol. The number of rotatable bonds is 7. The number of ether oxygens (including phenoxy) is 1. The zero-order valence-corrected chi connectivity index (χ0v) is 21.3. The third-order valence-electron chi connectivity index (χ3n) is 7.68. The van der Waals surface area contributed by atoms with Gasteiger partial charge in [0, 0.05) is 30.3 Å². The molecule has 5 rings (SSSR count). The van der Waals surface area contributed by atoms with Crippen molar-refractivity contribution < 1.29 is 18.6 Å². The van der Waals surface area contributed by atoms with Gasteiger partial charge in [-0.3, -0.25) is 4.57 Å². The van der Waals surface area contributed by atoms with E-state index < -0.39 is 12.0 Å². The molecule has 1 aliphatic heterocycles. The number of aromatic nitrogens is 3. The number of nitrogens with zero attached hydrogens (tertiary/aromatic N) is 3. The van der Waals surface area contributed by atoms with Gasteiger partial charge >= 0.3 is 5.69 Å². The Labute approximate surface area is 215 Å². The fourth-order valence-corrected chi connectivity index (χ4v) is 5.51. The minimum atomic E-state index is -1.33. The summed E-state index contributed by atoms with van der Waals surface area (Å²) in [5, 5.41) is 18.5. The van der Waals surface area contributed by atoms with Crippen molar-refractivity contribution in [2.75, 3.05) is 5.32 Å². The molecule has 0 radical (unpaired) electrons. The Morgan fingerprint density at radius 1 is 1.11 bits per heavy atom. The fourth-order valence-electron chi connectivity index (χ4n) is 5.51. The predicted molar refractivity (Wildman–Crippen MR) is 137 cm³/mol. The van der Waals surface area contributed by atoms with E-state index in [1.165, 1.54) is 36.8 Å². The molecule has 198 valence electrons. The van der Waals surface area contributed by atoms with Crippen molar-refractivity contribution >= 4 is 5.69 Å². The van der Waals surface area contributed by atoms with Gasteiger partial charge < -0.3 is 15.2 Å². The Balaban J connectivity index is 1.53. The van der Waals surface area contributed by atoms with Crippen LogP contribution in [0.15, 0.2) is 35.1 Å². The summed E-state index contributed by atoms with van der Waals surface area (Å²) in [5.74, 6) is 0.203. The summed E-state index contributed by atoms with van der Waals surface area (Å²) in [5.41, 5.74) is 0.927. The highest BCUT2D eigenvalue weighted by molar-refractivity contribution is 5.54. The number of hydrogen-bond donors (Lipinski definition) is 2. The molecule has 9 heteroatoms. The van der Waals surface area contributed by atoms with Crippen molar-refractivity contribution in [3.05, 3.63) is 69.4 Å². The summed E-state index contributed by atoms with van der Waals surface area (Å²) < 4.78 is 38.2. The minimum absolute atomic E-state index is 0.00773. The molecule has 2 N–H and O–H groups in total. The lowest BCUT2D eigenvalue weighted by molar-refractivity contribution is 0.116. The number of fused-ring (bicyclic) bond motifs is 1. The van der Waals surface area contributed by atoms with Gasteiger partial charge in [-0.15, -0.1) is 5.10 Å². The first-order chi connectivity index (χ1) is 17.8. The normalized spacial score (nSPS) is 17.8. The smallest absolute Gasteiger partial charge is 0.350 e. The van der Waals surface area contributed by atoms with Gasteiger partial charge in [-0.05, 0) is 75.3 Å². The molecule has 0 amide bonds. The molecule has 3 aromatic rings. The Kier molecular flexibility index (Phi) is 7.33. The van der Waals surface area contributed by atoms with Crippen molar-refractivity contribution in [2.24, 2.45) is 5.92 Å². The third kappa shape index (κ3) is 5.28. The molecule has 2 heterocycles. The molecule has 7 nitrogen and oxygen atoms in total. The van der Waals surface area contributed by atoms with E-state index in [1.54, 1.807) is 11.5 Å². The Hall–Kier alpha value is -3.20. The highest BCUT2D eigenvalue weighted by atomic mass is 19.1. The maximum Gasteiger partial charge on any atom is 0.350 e. The van der Waals surface area contributed by atoms with E-state index >= 15 is 4.39 Å². The number of benzene rings is 2. The molecular weight excluding hydrogens is 478 g/mol. The monoisotopic (exact) mass is 512 g/mol. The quantitative estimate of drug-likeness (QED) is 0.414. The lowest BCUT2D eigenvalue weighted by atomic mass is 9.86. The van der Waals surface area contributed by atoms with E-state index in [1.807, 2.05) is 6.92 Å². The molecule has 37 heavy (non-hydrogen) atoms. The molecule has 0 spiro atoms. The minimum Gasteiger partial charge on any atom is -0.490 e. The summed E-state index contributed by atoms with van der Waals surface area (Å²) in [6, 6.07) is 6.83. The van der Waals surface area contributed by atoms with Gasteiger partial charge in [-0.1, -0.05) is 19.3 Å². The first kappa shape index (κ1) is 25.4. The number of aliphatic hydroxyl groups excluding tert-OH is 1. The SMILES string of the molecule is Cc1cc(F)ccc1NC(O)c1cc(F)c(-n2nc3n(c2=O)CCCC3)cc1O[C@@H](C)C1CCCCC1. The van der Waals surface area contributed by atoms with E-state index in [4.69, 9.17) is 4.74 Å². The van der Waals surface area contributed by atoms with Gasteiger partial charge in [0.2, 0.25) is 0 Å². The van der Waals surface area contributed by atoms with Crippen LogP contribution in [0, 0.1) is 24.5 Å². The first-order valence-corrected chi connectivity index (χ1v) is 13.2. The molecule has 0 saturated heterocycles. The van der Waals surface area contributed by atoms with E-state index in [0.29, 0.717) is 36.0 Å². The summed E-state index contributed by atoms with van der Waals surface area (Å²) in [6.07, 6.45) is 6.59. The van der Waals surface area contributed by atoms with Crippen LogP contribution in [-0.4, -0.2) is 25.6 Å². The van der Waals surface area contributed by atoms with Crippen LogP contribution in [0.5, 0.6) is 5.75 Å². The van der Waals surface area contributed by atoms with Crippen LogP contribution in [0.2, 0.25) is 0 Å². The number of nitrogens with one attached hydrogen (secondary N) is 1. The van der Waals surface area contributed by atoms with Gasteiger partial charge in [-0.25, -0.2) is 13.6 Å². The van der Waals surface area contributed by atoms with Gasteiger partial charge in [0.05, 0.1) is 6.10 Å². The van der Waals surface area contributed by atoms with Crippen molar-refractivity contribution in [3.63, 3.8) is 0 Å². The number of anilines is 1. The topological polar surface area (TPSA) is 81.3 Å². The molecule has 1 saturated carbocycles. The fraction of sp³-hybridized carbons (Fsp3) is 0.500. The van der Waals surface area contributed by atoms with Crippen LogP contribution >= 0.6 is 0 Å². The summed E-state index contributed by atoms with van der Waals surface area (Å²) in [4.78, 5) is 13.0. The van der Waals surface area contributed by atoms with Crippen LogP contribution < -0.4 is 15.7 Å². The lowest BCUT2D eigenvalue weighted by Gasteiger charge is -2.29. The summed E-state index contributed by atoms with van der Waals surface area (Å²) >= 11 is 0. The van der Waals surface area contributed by atoms with Crippen LogP contribution in [0.4, 0.5) is 14.5 Å². The van der Waals surface area contributed by atoms with E-state index in [9.17, 15) is 14.3 Å². The number of hydrogen-bond acceptors (Lipinski definition) is 5. The van der Waals surface area contributed by atoms with Crippen molar-refractivity contribution in [1.82, 2.24) is 14.3 Å². The van der Waals surface area contributed by atoms with Gasteiger partial charge in [0.1, 0.15) is 28.9 Å². The zero-order chi connectivity index (χ0) is 26.1. The summed E-state index contributed by atoms with van der Waals surface area (Å²) in [7, 11) is 0. The lowest BCUT2D eigenvalue weighted by Crippen LogP contribution is -2.28. The van der Waals surface area contributed by atoms with Crippen molar-refractivity contribution in [3.8, 4) is 11.4 Å². The highest BCUT2D eigenvalue weighted by Gasteiger charge is 2.27. The van der Waals surface area contributed by atoms with Crippen LogP contribution in [-0.2, 0) is 13.0 Å². The number of aryl methyl sites for hydroxylation is 2. The van der Waals surface area contributed by atoms with E-state index in [0.717, 1.165) is 43.2 Å². The van der Waals surface area contributed by atoms with Crippen molar-refractivity contribution in [2.45, 2.75) is 84.1 Å². The maximum atomic E-state index is 15.5. The van der Waals surface area contributed by atoms with Gasteiger partial charge in [-0.2, -0.15) is 4.68 Å². The number of aliphatic hydroxyl groups is 1. The zero-order valence-electron chi connectivity index (χ0n) is 21.3. The molecule has 1 unspecified atom stereocenters. The molecule has 2 aromatic carbocycles. The highest BCUT2D eigenvalue weighted by Crippen LogP contribution is 2.35.